The summed E-state index contributed by atoms with van der Waals surface area (Å²) in [6.07, 6.45) is 1.48. The first-order chi connectivity index (χ1) is 16.4. The molecule has 0 radical (unpaired) electrons. The summed E-state index contributed by atoms with van der Waals surface area (Å²) < 4.78 is 38.9. The molecule has 0 atom stereocenters. The van der Waals surface area contributed by atoms with E-state index in [1.165, 1.54) is 41.2 Å². The Balaban J connectivity index is 1.37. The SMILES string of the molecule is O=C(Cn1cc(COc2cc(F)ccc2-c2cc(C(=O)O)no2)nn1)NCc1cccc(F)c1. The highest BCUT2D eigenvalue weighted by Crippen LogP contribution is 2.31. The van der Waals surface area contributed by atoms with Crippen LogP contribution in [0.15, 0.2) is 59.3 Å². The second kappa shape index (κ2) is 9.90. The van der Waals surface area contributed by atoms with Gasteiger partial charge in [-0.25, -0.2) is 18.3 Å². The van der Waals surface area contributed by atoms with Crippen LogP contribution in [0.4, 0.5) is 8.78 Å². The third-order valence-corrected chi connectivity index (χ3v) is 4.58. The van der Waals surface area contributed by atoms with Gasteiger partial charge in [0.25, 0.3) is 0 Å². The molecular weight excluding hydrogens is 452 g/mol. The van der Waals surface area contributed by atoms with Gasteiger partial charge in [-0.15, -0.1) is 5.10 Å². The minimum absolute atomic E-state index is 0.0791. The van der Waals surface area contributed by atoms with Crippen molar-refractivity contribution in [2.75, 3.05) is 0 Å². The van der Waals surface area contributed by atoms with Gasteiger partial charge in [0.2, 0.25) is 5.91 Å². The van der Waals surface area contributed by atoms with Crippen molar-refractivity contribution in [3.63, 3.8) is 0 Å². The average molecular weight is 469 g/mol. The van der Waals surface area contributed by atoms with E-state index in [2.05, 4.69) is 20.8 Å². The molecule has 0 saturated carbocycles. The minimum atomic E-state index is -1.27. The highest BCUT2D eigenvalue weighted by Gasteiger charge is 2.17. The number of nitrogens with one attached hydrogen (secondary N) is 1. The van der Waals surface area contributed by atoms with Gasteiger partial charge in [0.05, 0.1) is 11.8 Å². The molecule has 10 nitrogen and oxygen atoms in total. The molecule has 0 spiro atoms. The fourth-order valence-electron chi connectivity index (χ4n) is 3.01. The summed E-state index contributed by atoms with van der Waals surface area (Å²) in [5.41, 5.74) is 0.973. The number of ether oxygens (including phenoxy) is 1. The zero-order chi connectivity index (χ0) is 24.1. The van der Waals surface area contributed by atoms with Gasteiger partial charge in [-0.3, -0.25) is 4.79 Å². The third kappa shape index (κ3) is 5.59. The van der Waals surface area contributed by atoms with Gasteiger partial charge in [-0.2, -0.15) is 0 Å². The first-order valence-corrected chi connectivity index (χ1v) is 9.90. The Bertz CT molecular complexity index is 1340. The summed E-state index contributed by atoms with van der Waals surface area (Å²) >= 11 is 0. The summed E-state index contributed by atoms with van der Waals surface area (Å²) in [4.78, 5) is 23.1. The molecular formula is C22H17F2N5O5. The number of aromatic carboxylic acids is 1. The van der Waals surface area contributed by atoms with Crippen LogP contribution in [0.2, 0.25) is 0 Å². The van der Waals surface area contributed by atoms with Gasteiger partial charge in [0.1, 0.15) is 36.2 Å². The van der Waals surface area contributed by atoms with Gasteiger partial charge in [-0.05, 0) is 29.8 Å². The average Bonchev–Trinajstić information content (AvgIpc) is 3.46. The lowest BCUT2D eigenvalue weighted by Gasteiger charge is -2.08. The summed E-state index contributed by atoms with van der Waals surface area (Å²) in [5, 5.41) is 22.9. The lowest BCUT2D eigenvalue weighted by molar-refractivity contribution is -0.122. The van der Waals surface area contributed by atoms with Crippen molar-refractivity contribution >= 4 is 11.9 Å². The molecule has 4 aromatic rings. The van der Waals surface area contributed by atoms with E-state index >= 15 is 0 Å². The van der Waals surface area contributed by atoms with Crippen molar-refractivity contribution in [3.05, 3.63) is 83.3 Å². The van der Waals surface area contributed by atoms with Gasteiger partial charge < -0.3 is 19.7 Å². The van der Waals surface area contributed by atoms with Crippen molar-refractivity contribution < 1.29 is 32.7 Å². The van der Waals surface area contributed by atoms with Crippen LogP contribution in [-0.2, 0) is 24.5 Å². The van der Waals surface area contributed by atoms with Crippen LogP contribution in [0.1, 0.15) is 21.7 Å². The van der Waals surface area contributed by atoms with Crippen molar-refractivity contribution in [2.24, 2.45) is 0 Å². The molecule has 0 aliphatic carbocycles. The fraction of sp³-hybridized carbons (Fsp3) is 0.136. The molecule has 0 aliphatic rings. The molecule has 2 aromatic carbocycles. The highest BCUT2D eigenvalue weighted by atomic mass is 19.1. The summed E-state index contributed by atoms with van der Waals surface area (Å²) in [5.74, 6) is -2.42. The van der Waals surface area contributed by atoms with Crippen LogP contribution in [0, 0.1) is 11.6 Å². The Hall–Kier alpha value is -4.61. The molecule has 0 saturated heterocycles. The van der Waals surface area contributed by atoms with E-state index in [0.717, 1.165) is 6.07 Å². The number of carboxylic acid groups (broad SMARTS) is 1. The largest absolute Gasteiger partial charge is 0.486 e. The van der Waals surface area contributed by atoms with Gasteiger partial charge in [0.15, 0.2) is 11.5 Å². The molecule has 0 aliphatic heterocycles. The molecule has 2 N–H and O–H groups in total. The van der Waals surface area contributed by atoms with E-state index in [-0.39, 0.29) is 48.6 Å². The van der Waals surface area contributed by atoms with Crippen LogP contribution in [-0.4, -0.2) is 37.1 Å². The van der Waals surface area contributed by atoms with Crippen LogP contribution in [0.5, 0.6) is 5.75 Å². The quantitative estimate of drug-likeness (QED) is 0.382. The van der Waals surface area contributed by atoms with E-state index in [0.29, 0.717) is 16.8 Å². The molecule has 174 valence electrons. The van der Waals surface area contributed by atoms with E-state index in [4.69, 9.17) is 14.4 Å². The molecule has 2 aromatic heterocycles. The van der Waals surface area contributed by atoms with E-state index in [1.54, 1.807) is 12.1 Å². The first kappa shape index (κ1) is 22.6. The number of benzene rings is 2. The molecule has 34 heavy (non-hydrogen) atoms. The smallest absolute Gasteiger partial charge is 0.358 e. The number of nitrogens with zero attached hydrogens (tertiary/aromatic N) is 4. The molecule has 1 amide bonds. The maximum absolute atomic E-state index is 13.8. The Morgan fingerprint density at radius 3 is 2.71 bits per heavy atom. The normalized spacial score (nSPS) is 10.8. The fourth-order valence-corrected chi connectivity index (χ4v) is 3.01. The van der Waals surface area contributed by atoms with Crippen LogP contribution in [0.3, 0.4) is 0 Å². The van der Waals surface area contributed by atoms with Crippen molar-refractivity contribution in [1.82, 2.24) is 25.5 Å². The second-order valence-electron chi connectivity index (χ2n) is 7.12. The number of amides is 1. The van der Waals surface area contributed by atoms with Gasteiger partial charge >= 0.3 is 5.97 Å². The Morgan fingerprint density at radius 2 is 1.94 bits per heavy atom. The Labute approximate surface area is 190 Å². The molecule has 2 heterocycles. The third-order valence-electron chi connectivity index (χ3n) is 4.58. The topological polar surface area (TPSA) is 132 Å². The Kier molecular flexibility index (Phi) is 6.57. The molecule has 0 unspecified atom stereocenters. The van der Waals surface area contributed by atoms with Crippen LogP contribution >= 0.6 is 0 Å². The molecule has 12 heteroatoms. The van der Waals surface area contributed by atoms with Gasteiger partial charge in [-0.1, -0.05) is 22.5 Å². The summed E-state index contributed by atoms with van der Waals surface area (Å²) in [6.45, 7) is -0.0698. The summed E-state index contributed by atoms with van der Waals surface area (Å²) in [6, 6.07) is 10.7. The number of aromatic nitrogens is 4. The van der Waals surface area contributed by atoms with Crippen molar-refractivity contribution in [1.29, 1.82) is 0 Å². The zero-order valence-corrected chi connectivity index (χ0v) is 17.4. The minimum Gasteiger partial charge on any atom is -0.486 e. The Morgan fingerprint density at radius 1 is 1.12 bits per heavy atom. The lowest BCUT2D eigenvalue weighted by Crippen LogP contribution is -2.27. The first-order valence-electron chi connectivity index (χ1n) is 9.90. The van der Waals surface area contributed by atoms with Crippen LogP contribution in [0.25, 0.3) is 11.3 Å². The van der Waals surface area contributed by atoms with Gasteiger partial charge in [0, 0.05) is 18.7 Å². The maximum atomic E-state index is 13.8. The lowest BCUT2D eigenvalue weighted by atomic mass is 10.1. The molecule has 0 fully saturated rings. The number of carbonyl (C=O) groups is 2. The molecule has 4 rings (SSSR count). The summed E-state index contributed by atoms with van der Waals surface area (Å²) in [7, 11) is 0. The molecule has 0 bridgehead atoms. The van der Waals surface area contributed by atoms with Crippen molar-refractivity contribution in [2.45, 2.75) is 19.7 Å². The maximum Gasteiger partial charge on any atom is 0.358 e. The van der Waals surface area contributed by atoms with E-state index in [9.17, 15) is 18.4 Å². The zero-order valence-electron chi connectivity index (χ0n) is 17.4. The van der Waals surface area contributed by atoms with Crippen LogP contribution < -0.4 is 10.1 Å². The standard InChI is InChI=1S/C22H17F2N5O5/c23-14-3-1-2-13(6-14)9-25-21(30)11-29-10-16(26-28-29)12-33-19-7-15(24)4-5-17(19)20-8-18(22(31)32)27-34-20/h1-8,10H,9,11-12H2,(H,25,30)(H,31,32). The number of carbonyl (C=O) groups excluding carboxylic acids is 1. The number of rotatable bonds is 9. The second-order valence-corrected chi connectivity index (χ2v) is 7.12. The van der Waals surface area contributed by atoms with E-state index < -0.39 is 11.8 Å². The predicted octanol–water partition coefficient (Wildman–Crippen LogP) is 2.80. The number of hydrogen-bond donors (Lipinski definition) is 2. The number of halogens is 2. The highest BCUT2D eigenvalue weighted by molar-refractivity contribution is 5.86. The predicted molar refractivity (Wildman–Crippen MR) is 111 cm³/mol. The van der Waals surface area contributed by atoms with E-state index in [1.807, 2.05) is 0 Å². The number of carboxylic acids is 1. The monoisotopic (exact) mass is 469 g/mol. The van der Waals surface area contributed by atoms with Crippen molar-refractivity contribution in [3.8, 4) is 17.1 Å². The number of hydrogen-bond acceptors (Lipinski definition) is 7.